The fourth-order valence-corrected chi connectivity index (χ4v) is 2.94. The van der Waals surface area contributed by atoms with Gasteiger partial charge in [-0.3, -0.25) is 0 Å². The van der Waals surface area contributed by atoms with Gasteiger partial charge >= 0.3 is 0 Å². The summed E-state index contributed by atoms with van der Waals surface area (Å²) in [6.07, 6.45) is 0. The second kappa shape index (κ2) is 2.61. The van der Waals surface area contributed by atoms with Crippen molar-refractivity contribution in [2.75, 3.05) is 0 Å². The van der Waals surface area contributed by atoms with Gasteiger partial charge in [0.25, 0.3) is 0 Å². The highest BCUT2D eigenvalue weighted by atomic mass is 31.0. The number of hydrogen-bond donors (Lipinski definition) is 0. The zero-order valence-corrected chi connectivity index (χ0v) is 7.96. The quantitative estimate of drug-likeness (QED) is 0.487. The number of benzene rings is 2. The molecule has 0 saturated heterocycles. The van der Waals surface area contributed by atoms with Gasteiger partial charge in [-0.05, 0) is 10.8 Å². The predicted molar refractivity (Wildman–Crippen MR) is 59.6 cm³/mol. The Bertz CT molecular complexity index is 513. The predicted octanol–water partition coefficient (Wildman–Crippen LogP) is 4.29. The molecular weight excluding hydrogens is 175 g/mol. The third-order valence-electron chi connectivity index (χ3n) is 2.34. The van der Waals surface area contributed by atoms with Crippen LogP contribution in [0.3, 0.4) is 0 Å². The Hall–Kier alpha value is -1.26. The summed E-state index contributed by atoms with van der Waals surface area (Å²) >= 11 is 0. The van der Waals surface area contributed by atoms with E-state index in [0.29, 0.717) is 0 Å². The molecule has 1 heterocycles. The first-order chi connectivity index (χ1) is 6.45. The van der Waals surface area contributed by atoms with Crippen LogP contribution in [0.1, 0.15) is 0 Å². The maximum absolute atomic E-state index is 2.21. The van der Waals surface area contributed by atoms with E-state index in [-0.39, 0.29) is 0 Å². The normalized spacial score (nSPS) is 11.1. The van der Waals surface area contributed by atoms with Gasteiger partial charge in [0.05, 0.1) is 0 Å². The summed E-state index contributed by atoms with van der Waals surface area (Å²) in [6.45, 7) is 0. The Morgan fingerprint density at radius 2 is 1.08 bits per heavy atom. The van der Waals surface area contributed by atoms with Crippen molar-refractivity contribution in [3.63, 3.8) is 0 Å². The SMILES string of the molecule is c1ccc2c(c1)[p-]c1ccccc12. The van der Waals surface area contributed by atoms with Crippen molar-refractivity contribution in [2.24, 2.45) is 0 Å². The number of fused-ring (bicyclic) bond motifs is 3. The highest BCUT2D eigenvalue weighted by Gasteiger charge is 1.90. The van der Waals surface area contributed by atoms with Gasteiger partial charge in [-0.2, -0.15) is 10.2 Å². The van der Waals surface area contributed by atoms with E-state index in [4.69, 9.17) is 0 Å². The Balaban J connectivity index is 2.64. The maximum atomic E-state index is 2.21. The fraction of sp³-hybridized carbons (Fsp3) is 0. The van der Waals surface area contributed by atoms with Crippen molar-refractivity contribution in [2.45, 2.75) is 0 Å². The first-order valence-corrected chi connectivity index (χ1v) is 5.25. The molecule has 0 unspecified atom stereocenters. The molecule has 3 rings (SSSR count). The summed E-state index contributed by atoms with van der Waals surface area (Å²) in [6, 6.07) is 17.2. The highest BCUT2D eigenvalue weighted by molar-refractivity contribution is 7.43. The van der Waals surface area contributed by atoms with E-state index >= 15 is 0 Å². The lowest BCUT2D eigenvalue weighted by Crippen LogP contribution is -1.62. The molecule has 0 spiro atoms. The molecule has 13 heavy (non-hydrogen) atoms. The van der Waals surface area contributed by atoms with Crippen LogP contribution in [0, 0.1) is 0 Å². The van der Waals surface area contributed by atoms with E-state index in [9.17, 15) is 0 Å². The van der Waals surface area contributed by atoms with Crippen molar-refractivity contribution in [1.29, 1.82) is 0 Å². The average Bonchev–Trinajstić information content (AvgIpc) is 2.56. The first-order valence-electron chi connectivity index (χ1n) is 4.35. The number of rotatable bonds is 0. The van der Waals surface area contributed by atoms with Crippen molar-refractivity contribution >= 4 is 29.2 Å². The molecule has 0 radical (unpaired) electrons. The first kappa shape index (κ1) is 7.17. The Morgan fingerprint density at radius 1 is 0.615 bits per heavy atom. The molecule has 0 aliphatic heterocycles. The van der Waals surface area contributed by atoms with E-state index in [2.05, 4.69) is 48.5 Å². The Morgan fingerprint density at radius 3 is 1.62 bits per heavy atom. The largest absolute Gasteiger partial charge is 0.514 e. The average molecular weight is 183 g/mol. The van der Waals surface area contributed by atoms with Crippen LogP contribution in [0.25, 0.3) is 21.0 Å². The summed E-state index contributed by atoms with van der Waals surface area (Å²) in [5, 5.41) is 5.67. The monoisotopic (exact) mass is 183 g/mol. The minimum absolute atomic E-state index is 1.36. The van der Waals surface area contributed by atoms with Crippen molar-refractivity contribution in [1.82, 2.24) is 0 Å². The minimum atomic E-state index is 1.36. The van der Waals surface area contributed by atoms with Crippen molar-refractivity contribution in [3.05, 3.63) is 48.5 Å². The Kier molecular flexibility index (Phi) is 1.44. The lowest BCUT2D eigenvalue weighted by Gasteiger charge is -1.94. The molecular formula is C12H8P-. The third kappa shape index (κ3) is 0.993. The summed E-state index contributed by atoms with van der Waals surface area (Å²) in [5.74, 6) is 0. The Labute approximate surface area is 78.3 Å². The van der Waals surface area contributed by atoms with Crippen LogP contribution in [0.4, 0.5) is 0 Å². The third-order valence-corrected chi connectivity index (χ3v) is 3.60. The van der Waals surface area contributed by atoms with E-state index in [1.807, 2.05) is 0 Å². The molecule has 0 N–H and O–H groups in total. The molecule has 62 valence electrons. The molecule has 0 saturated carbocycles. The van der Waals surface area contributed by atoms with Gasteiger partial charge in [0.2, 0.25) is 0 Å². The molecule has 0 bridgehead atoms. The summed E-state index contributed by atoms with van der Waals surface area (Å²) in [7, 11) is 1.36. The van der Waals surface area contributed by atoms with E-state index < -0.39 is 0 Å². The van der Waals surface area contributed by atoms with Gasteiger partial charge < -0.3 is 8.19 Å². The summed E-state index contributed by atoms with van der Waals surface area (Å²) in [4.78, 5) is 0. The molecule has 1 heteroatoms. The van der Waals surface area contributed by atoms with E-state index in [1.54, 1.807) is 0 Å². The molecule has 3 aromatic rings. The van der Waals surface area contributed by atoms with Gasteiger partial charge in [0, 0.05) is 0 Å². The molecule has 0 aliphatic rings. The van der Waals surface area contributed by atoms with Crippen molar-refractivity contribution < 1.29 is 0 Å². The molecule has 0 atom stereocenters. The zero-order valence-electron chi connectivity index (χ0n) is 7.07. The van der Waals surface area contributed by atoms with Gasteiger partial charge in [0.15, 0.2) is 0 Å². The minimum Gasteiger partial charge on any atom is -0.514 e. The van der Waals surface area contributed by atoms with E-state index in [0.717, 1.165) is 0 Å². The maximum Gasteiger partial charge on any atom is -0.0448 e. The smallest absolute Gasteiger partial charge is 0.0448 e. The van der Waals surface area contributed by atoms with Gasteiger partial charge in [-0.15, -0.1) is 0 Å². The molecule has 0 fully saturated rings. The van der Waals surface area contributed by atoms with Crippen LogP contribution in [-0.4, -0.2) is 0 Å². The van der Waals surface area contributed by atoms with Gasteiger partial charge in [0.1, 0.15) is 0 Å². The molecule has 0 nitrogen and oxygen atoms in total. The van der Waals surface area contributed by atoms with Crippen LogP contribution in [-0.2, 0) is 0 Å². The van der Waals surface area contributed by atoms with Crippen LogP contribution in [0.2, 0.25) is 0 Å². The van der Waals surface area contributed by atoms with E-state index in [1.165, 1.54) is 29.2 Å². The standard InChI is InChI=1S/C12H8P/c1-3-7-11-9(5-1)10-6-2-4-8-12(10)13-11/h1-8H/q-1. The fourth-order valence-electron chi connectivity index (χ4n) is 1.73. The van der Waals surface area contributed by atoms with Crippen molar-refractivity contribution in [3.8, 4) is 0 Å². The van der Waals surface area contributed by atoms with Crippen LogP contribution >= 0.6 is 8.19 Å². The molecule has 1 aromatic heterocycles. The highest BCUT2D eigenvalue weighted by Crippen LogP contribution is 2.36. The van der Waals surface area contributed by atoms with Crippen LogP contribution in [0.15, 0.2) is 48.5 Å². The van der Waals surface area contributed by atoms with Crippen LogP contribution in [0.5, 0.6) is 0 Å². The van der Waals surface area contributed by atoms with Gasteiger partial charge in [-0.25, -0.2) is 0 Å². The molecule has 0 aliphatic carbocycles. The van der Waals surface area contributed by atoms with Crippen LogP contribution < -0.4 is 0 Å². The second-order valence-electron chi connectivity index (χ2n) is 3.15. The zero-order chi connectivity index (χ0) is 8.67. The van der Waals surface area contributed by atoms with Gasteiger partial charge in [-0.1, -0.05) is 48.5 Å². The topological polar surface area (TPSA) is 0 Å². The summed E-state index contributed by atoms with van der Waals surface area (Å²) < 4.78 is 0. The lowest BCUT2D eigenvalue weighted by atomic mass is 10.2. The molecule has 0 amide bonds. The lowest BCUT2D eigenvalue weighted by molar-refractivity contribution is 1.84. The second-order valence-corrected chi connectivity index (χ2v) is 4.33. The number of hydrogen-bond acceptors (Lipinski definition) is 0. The summed E-state index contributed by atoms with van der Waals surface area (Å²) in [5.41, 5.74) is 0. The molecule has 2 aromatic carbocycles.